The molecular weight excluding hydrogens is 264 g/mol. The Kier molecular flexibility index (Phi) is 6.06. The lowest BCUT2D eigenvalue weighted by atomic mass is 9.95. The lowest BCUT2D eigenvalue weighted by Crippen LogP contribution is -2.51. The van der Waals surface area contributed by atoms with Crippen LogP contribution in [0.5, 0.6) is 0 Å². The Labute approximate surface area is 129 Å². The van der Waals surface area contributed by atoms with Crippen LogP contribution in [0.1, 0.15) is 65.2 Å². The molecule has 2 rings (SSSR count). The van der Waals surface area contributed by atoms with Crippen molar-refractivity contribution in [3.05, 3.63) is 0 Å². The molecule has 0 heterocycles. The van der Waals surface area contributed by atoms with Gasteiger partial charge in [0.25, 0.3) is 0 Å². The van der Waals surface area contributed by atoms with Gasteiger partial charge in [-0.15, -0.1) is 0 Å². The molecule has 0 aromatic heterocycles. The number of hydrogen-bond acceptors (Lipinski definition) is 4. The van der Waals surface area contributed by atoms with Gasteiger partial charge in [-0.3, -0.25) is 10.1 Å². The third kappa shape index (κ3) is 4.96. The van der Waals surface area contributed by atoms with Crippen LogP contribution in [-0.4, -0.2) is 48.7 Å². The van der Waals surface area contributed by atoms with E-state index in [1.807, 2.05) is 13.8 Å². The lowest BCUT2D eigenvalue weighted by molar-refractivity contribution is -0.151. The maximum Gasteiger partial charge on any atom is 0.326 e. The summed E-state index contributed by atoms with van der Waals surface area (Å²) in [6.07, 6.45) is 9.71. The number of carbonyl (C=O) groups is 1. The summed E-state index contributed by atoms with van der Waals surface area (Å²) in [5.41, 5.74) is -0.506. The zero-order chi connectivity index (χ0) is 15.3. The fraction of sp³-hybridized carbons (Fsp3) is 0.941. The van der Waals surface area contributed by atoms with E-state index in [1.54, 1.807) is 0 Å². The van der Waals surface area contributed by atoms with Crippen LogP contribution in [0.15, 0.2) is 0 Å². The van der Waals surface area contributed by atoms with Crippen molar-refractivity contribution in [1.82, 2.24) is 10.2 Å². The normalized spacial score (nSPS) is 22.5. The molecule has 1 unspecified atom stereocenters. The van der Waals surface area contributed by atoms with Crippen LogP contribution >= 0.6 is 0 Å². The summed E-state index contributed by atoms with van der Waals surface area (Å²) >= 11 is 0. The number of hydrogen-bond donors (Lipinski definition) is 1. The van der Waals surface area contributed by atoms with Gasteiger partial charge in [-0.1, -0.05) is 12.8 Å². The van der Waals surface area contributed by atoms with Crippen LogP contribution in [-0.2, 0) is 9.53 Å². The molecule has 4 heteroatoms. The summed E-state index contributed by atoms with van der Waals surface area (Å²) in [7, 11) is 2.23. The summed E-state index contributed by atoms with van der Waals surface area (Å²) < 4.78 is 5.28. The first-order valence-corrected chi connectivity index (χ1v) is 8.70. The minimum absolute atomic E-state index is 0.0829. The number of carbonyl (C=O) groups excluding carboxylic acids is 1. The number of nitrogens with one attached hydrogen (secondary N) is 1. The molecule has 122 valence electrons. The third-order valence-corrected chi connectivity index (χ3v) is 4.96. The largest absolute Gasteiger partial charge is 0.465 e. The first-order chi connectivity index (χ1) is 10.0. The molecule has 2 aliphatic carbocycles. The standard InChI is InChI=1S/C17H32N2O2/c1-4-21-16(20)17(2,18-14-10-11-14)12-7-13-19(3)15-8-5-6-9-15/h14-15,18H,4-13H2,1-3H3. The molecule has 0 aliphatic heterocycles. The van der Waals surface area contributed by atoms with E-state index in [9.17, 15) is 4.79 Å². The van der Waals surface area contributed by atoms with E-state index < -0.39 is 5.54 Å². The van der Waals surface area contributed by atoms with Gasteiger partial charge in [0.15, 0.2) is 0 Å². The molecule has 21 heavy (non-hydrogen) atoms. The quantitative estimate of drug-likeness (QED) is 0.664. The third-order valence-electron chi connectivity index (χ3n) is 4.96. The zero-order valence-electron chi connectivity index (χ0n) is 14.0. The Bertz CT molecular complexity index is 338. The molecule has 0 saturated heterocycles. The van der Waals surface area contributed by atoms with E-state index in [0.717, 1.165) is 25.4 Å². The van der Waals surface area contributed by atoms with Crippen molar-refractivity contribution in [2.24, 2.45) is 0 Å². The van der Waals surface area contributed by atoms with Crippen LogP contribution in [0.2, 0.25) is 0 Å². The van der Waals surface area contributed by atoms with Crippen molar-refractivity contribution in [2.75, 3.05) is 20.2 Å². The molecule has 2 fully saturated rings. The summed E-state index contributed by atoms with van der Waals surface area (Å²) in [6.45, 7) is 5.43. The van der Waals surface area contributed by atoms with Crippen molar-refractivity contribution >= 4 is 5.97 Å². The topological polar surface area (TPSA) is 41.6 Å². The second-order valence-electron chi connectivity index (χ2n) is 6.99. The average molecular weight is 296 g/mol. The number of nitrogens with zero attached hydrogens (tertiary/aromatic N) is 1. The molecule has 0 aromatic carbocycles. The number of esters is 1. The molecule has 0 bridgehead atoms. The summed E-state index contributed by atoms with van der Waals surface area (Å²) in [6, 6.07) is 1.28. The highest BCUT2D eigenvalue weighted by molar-refractivity contribution is 5.80. The summed E-state index contributed by atoms with van der Waals surface area (Å²) in [5.74, 6) is -0.0829. The Balaban J connectivity index is 1.78. The van der Waals surface area contributed by atoms with Crippen LogP contribution < -0.4 is 5.32 Å². The van der Waals surface area contributed by atoms with Crippen LogP contribution in [0.25, 0.3) is 0 Å². The first kappa shape index (κ1) is 16.8. The fourth-order valence-electron chi connectivity index (χ4n) is 3.41. The lowest BCUT2D eigenvalue weighted by Gasteiger charge is -2.30. The zero-order valence-corrected chi connectivity index (χ0v) is 14.0. The van der Waals surface area contributed by atoms with E-state index in [2.05, 4.69) is 17.3 Å². The van der Waals surface area contributed by atoms with Crippen LogP contribution in [0, 0.1) is 0 Å². The van der Waals surface area contributed by atoms with Gasteiger partial charge in [0.05, 0.1) is 6.61 Å². The molecule has 1 N–H and O–H groups in total. The predicted molar refractivity (Wildman–Crippen MR) is 85.3 cm³/mol. The minimum Gasteiger partial charge on any atom is -0.465 e. The summed E-state index contributed by atoms with van der Waals surface area (Å²) in [5, 5.41) is 3.50. The minimum atomic E-state index is -0.506. The van der Waals surface area contributed by atoms with Crippen molar-refractivity contribution in [1.29, 1.82) is 0 Å². The maximum atomic E-state index is 12.3. The fourth-order valence-corrected chi connectivity index (χ4v) is 3.41. The van der Waals surface area contributed by atoms with Crippen LogP contribution in [0.4, 0.5) is 0 Å². The SMILES string of the molecule is CCOC(=O)C(C)(CCCN(C)C1CCCC1)NC1CC1. The van der Waals surface area contributed by atoms with Crippen molar-refractivity contribution in [3.8, 4) is 0 Å². The van der Waals surface area contributed by atoms with Gasteiger partial charge in [-0.2, -0.15) is 0 Å². The van der Waals surface area contributed by atoms with E-state index in [-0.39, 0.29) is 5.97 Å². The monoisotopic (exact) mass is 296 g/mol. The van der Waals surface area contributed by atoms with Crippen molar-refractivity contribution in [2.45, 2.75) is 82.8 Å². The van der Waals surface area contributed by atoms with Gasteiger partial charge >= 0.3 is 5.97 Å². The highest BCUT2D eigenvalue weighted by Gasteiger charge is 2.39. The van der Waals surface area contributed by atoms with Crippen LogP contribution in [0.3, 0.4) is 0 Å². The van der Waals surface area contributed by atoms with Gasteiger partial charge in [0.1, 0.15) is 5.54 Å². The van der Waals surface area contributed by atoms with Gasteiger partial charge < -0.3 is 9.64 Å². The molecule has 2 saturated carbocycles. The smallest absolute Gasteiger partial charge is 0.326 e. The van der Waals surface area contributed by atoms with Gasteiger partial charge in [0, 0.05) is 12.1 Å². The highest BCUT2D eigenvalue weighted by atomic mass is 16.5. The van der Waals surface area contributed by atoms with E-state index in [4.69, 9.17) is 4.74 Å². The highest BCUT2D eigenvalue weighted by Crippen LogP contribution is 2.27. The Morgan fingerprint density at radius 2 is 1.95 bits per heavy atom. The number of rotatable bonds is 9. The second-order valence-corrected chi connectivity index (χ2v) is 6.99. The predicted octanol–water partition coefficient (Wildman–Crippen LogP) is 2.71. The maximum absolute atomic E-state index is 12.3. The Hall–Kier alpha value is -0.610. The second kappa shape index (κ2) is 7.59. The van der Waals surface area contributed by atoms with E-state index in [1.165, 1.54) is 38.5 Å². The molecule has 0 spiro atoms. The van der Waals surface area contributed by atoms with Gasteiger partial charge in [-0.05, 0) is 66.0 Å². The molecule has 0 radical (unpaired) electrons. The number of ether oxygens (including phenoxy) is 1. The molecule has 1 atom stereocenters. The summed E-state index contributed by atoms with van der Waals surface area (Å²) in [4.78, 5) is 14.7. The Morgan fingerprint density at radius 1 is 1.29 bits per heavy atom. The molecular formula is C17H32N2O2. The van der Waals surface area contributed by atoms with Gasteiger partial charge in [-0.25, -0.2) is 0 Å². The van der Waals surface area contributed by atoms with Crippen molar-refractivity contribution < 1.29 is 9.53 Å². The van der Waals surface area contributed by atoms with Crippen molar-refractivity contribution in [3.63, 3.8) is 0 Å². The van der Waals surface area contributed by atoms with E-state index >= 15 is 0 Å². The average Bonchev–Trinajstić information content (AvgIpc) is 3.08. The van der Waals surface area contributed by atoms with Gasteiger partial charge in [0.2, 0.25) is 0 Å². The Morgan fingerprint density at radius 3 is 2.52 bits per heavy atom. The molecule has 0 amide bonds. The first-order valence-electron chi connectivity index (χ1n) is 8.70. The molecule has 2 aliphatic rings. The van der Waals surface area contributed by atoms with E-state index in [0.29, 0.717) is 12.6 Å². The molecule has 4 nitrogen and oxygen atoms in total. The molecule has 0 aromatic rings.